The molecule has 0 fully saturated rings. The Labute approximate surface area is 113 Å². The van der Waals surface area contributed by atoms with Gasteiger partial charge in [-0.1, -0.05) is 5.16 Å². The number of benzene rings is 1. The number of hydrogen-bond acceptors (Lipinski definition) is 5. The fourth-order valence-corrected chi connectivity index (χ4v) is 2.02. The number of rotatable bonds is 5. The number of thioether (sulfide) groups is 1. The first-order valence-corrected chi connectivity index (χ1v) is 6.71. The summed E-state index contributed by atoms with van der Waals surface area (Å²) in [6, 6.07) is 5.62. The summed E-state index contributed by atoms with van der Waals surface area (Å²) in [4.78, 5) is 15.6. The van der Waals surface area contributed by atoms with Gasteiger partial charge in [-0.2, -0.15) is 4.98 Å². The Kier molecular flexibility index (Phi) is 4.51. The molecule has 0 saturated heterocycles. The molecule has 0 saturated carbocycles. The minimum Gasteiger partial charge on any atom is -0.340 e. The van der Waals surface area contributed by atoms with Crippen molar-refractivity contribution in [3.8, 4) is 0 Å². The average molecular weight is 281 g/mol. The van der Waals surface area contributed by atoms with Gasteiger partial charge in [0.15, 0.2) is 5.82 Å². The summed E-state index contributed by atoms with van der Waals surface area (Å²) >= 11 is 1.38. The monoisotopic (exact) mass is 281 g/mol. The molecule has 0 unspecified atom stereocenters. The van der Waals surface area contributed by atoms with E-state index < -0.39 is 0 Å². The van der Waals surface area contributed by atoms with Gasteiger partial charge in [0.1, 0.15) is 5.82 Å². The highest BCUT2D eigenvalue weighted by Gasteiger charge is 2.06. The summed E-state index contributed by atoms with van der Waals surface area (Å²) in [7, 11) is 0. The first-order chi connectivity index (χ1) is 9.13. The van der Waals surface area contributed by atoms with Crippen molar-refractivity contribution in [2.24, 2.45) is 0 Å². The number of anilines is 1. The van der Waals surface area contributed by atoms with Crippen molar-refractivity contribution in [3.63, 3.8) is 0 Å². The maximum atomic E-state index is 12.7. The Morgan fingerprint density at radius 1 is 1.42 bits per heavy atom. The highest BCUT2D eigenvalue weighted by atomic mass is 32.2. The topological polar surface area (TPSA) is 68.0 Å². The second-order valence-corrected chi connectivity index (χ2v) is 4.76. The number of nitrogens with zero attached hydrogens (tertiary/aromatic N) is 2. The van der Waals surface area contributed by atoms with E-state index in [2.05, 4.69) is 15.5 Å². The van der Waals surface area contributed by atoms with Crippen LogP contribution >= 0.6 is 11.8 Å². The molecule has 2 aromatic rings. The second kappa shape index (κ2) is 6.33. The lowest BCUT2D eigenvalue weighted by atomic mass is 10.3. The predicted molar refractivity (Wildman–Crippen MR) is 70.2 cm³/mol. The van der Waals surface area contributed by atoms with Crippen LogP contribution in [0.25, 0.3) is 0 Å². The molecule has 1 N–H and O–H groups in total. The van der Waals surface area contributed by atoms with E-state index in [0.29, 0.717) is 23.2 Å². The third-order valence-corrected chi connectivity index (χ3v) is 3.09. The Bertz CT molecular complexity index is 556. The van der Waals surface area contributed by atoms with Crippen LogP contribution in [0.1, 0.15) is 11.7 Å². The molecule has 1 aromatic heterocycles. The summed E-state index contributed by atoms with van der Waals surface area (Å²) in [6.45, 7) is 1.71. The molecule has 0 bridgehead atoms. The summed E-state index contributed by atoms with van der Waals surface area (Å²) in [5.74, 6) is 1.36. The van der Waals surface area contributed by atoms with Crippen molar-refractivity contribution in [1.82, 2.24) is 10.1 Å². The maximum absolute atomic E-state index is 12.7. The van der Waals surface area contributed by atoms with Crippen molar-refractivity contribution >= 4 is 23.4 Å². The summed E-state index contributed by atoms with van der Waals surface area (Å²) in [6.07, 6.45) is 0. The number of nitrogens with one attached hydrogen (secondary N) is 1. The minimum absolute atomic E-state index is 0.156. The zero-order valence-electron chi connectivity index (χ0n) is 10.2. The van der Waals surface area contributed by atoms with E-state index in [4.69, 9.17) is 4.52 Å². The number of aromatic nitrogens is 2. The molecule has 0 aliphatic carbocycles. The van der Waals surface area contributed by atoms with Crippen LogP contribution in [0.5, 0.6) is 0 Å². The number of carbonyl (C=O) groups excluding carboxylic acids is 1. The van der Waals surface area contributed by atoms with Crippen LogP contribution in [0, 0.1) is 12.7 Å². The molecule has 1 amide bonds. The van der Waals surface area contributed by atoms with Crippen LogP contribution < -0.4 is 5.32 Å². The van der Waals surface area contributed by atoms with Crippen LogP contribution in [0.15, 0.2) is 28.8 Å². The zero-order chi connectivity index (χ0) is 13.7. The van der Waals surface area contributed by atoms with E-state index in [-0.39, 0.29) is 17.5 Å². The van der Waals surface area contributed by atoms with Gasteiger partial charge in [-0.15, -0.1) is 11.8 Å². The highest BCUT2D eigenvalue weighted by molar-refractivity contribution is 7.99. The quantitative estimate of drug-likeness (QED) is 0.911. The summed E-state index contributed by atoms with van der Waals surface area (Å²) in [5.41, 5.74) is 0.572. The van der Waals surface area contributed by atoms with Gasteiger partial charge in [0.25, 0.3) is 0 Å². The van der Waals surface area contributed by atoms with Crippen LogP contribution in [-0.4, -0.2) is 21.8 Å². The molecule has 100 valence electrons. The lowest BCUT2D eigenvalue weighted by Crippen LogP contribution is -2.14. The van der Waals surface area contributed by atoms with Gasteiger partial charge in [-0.25, -0.2) is 4.39 Å². The fourth-order valence-electron chi connectivity index (χ4n) is 1.37. The number of aryl methyl sites for hydroxylation is 1. The van der Waals surface area contributed by atoms with Crippen molar-refractivity contribution in [2.75, 3.05) is 11.1 Å². The second-order valence-electron chi connectivity index (χ2n) is 3.78. The third kappa shape index (κ3) is 4.36. The molecule has 5 nitrogen and oxygen atoms in total. The van der Waals surface area contributed by atoms with Crippen LogP contribution in [-0.2, 0) is 10.5 Å². The van der Waals surface area contributed by atoms with E-state index in [9.17, 15) is 9.18 Å². The molecule has 7 heteroatoms. The summed E-state index contributed by atoms with van der Waals surface area (Å²) < 4.78 is 17.5. The molecule has 0 radical (unpaired) electrons. The van der Waals surface area contributed by atoms with Crippen LogP contribution in [0.4, 0.5) is 10.1 Å². The Hall–Kier alpha value is -1.89. The van der Waals surface area contributed by atoms with Gasteiger partial charge in [0.05, 0.1) is 11.5 Å². The van der Waals surface area contributed by atoms with Crippen molar-refractivity contribution in [3.05, 3.63) is 41.8 Å². The van der Waals surface area contributed by atoms with Crippen molar-refractivity contribution in [1.29, 1.82) is 0 Å². The number of amides is 1. The molecule has 1 aromatic carbocycles. The SMILES string of the molecule is Cc1nc(CSCC(=O)Nc2ccc(F)cc2)no1. The van der Waals surface area contributed by atoms with Gasteiger partial charge in [0, 0.05) is 12.6 Å². The zero-order valence-corrected chi connectivity index (χ0v) is 11.0. The van der Waals surface area contributed by atoms with Gasteiger partial charge < -0.3 is 9.84 Å². The predicted octanol–water partition coefficient (Wildman–Crippen LogP) is 2.39. The smallest absolute Gasteiger partial charge is 0.234 e. The first-order valence-electron chi connectivity index (χ1n) is 5.56. The number of halogens is 1. The normalized spacial score (nSPS) is 10.4. The van der Waals surface area contributed by atoms with Crippen molar-refractivity contribution in [2.45, 2.75) is 12.7 Å². The molecule has 19 heavy (non-hydrogen) atoms. The van der Waals surface area contributed by atoms with E-state index in [1.165, 1.54) is 36.0 Å². The van der Waals surface area contributed by atoms with Gasteiger partial charge in [-0.3, -0.25) is 4.79 Å². The number of hydrogen-bond donors (Lipinski definition) is 1. The van der Waals surface area contributed by atoms with E-state index in [0.717, 1.165) is 0 Å². The molecule has 0 aliphatic rings. The summed E-state index contributed by atoms with van der Waals surface area (Å²) in [5, 5.41) is 6.40. The standard InChI is InChI=1S/C12H12FN3O2S/c1-8-14-11(16-18-8)6-19-7-12(17)15-10-4-2-9(13)3-5-10/h2-5H,6-7H2,1H3,(H,15,17). The number of carbonyl (C=O) groups is 1. The lowest BCUT2D eigenvalue weighted by Gasteiger charge is -2.03. The van der Waals surface area contributed by atoms with E-state index in [1.807, 2.05) is 0 Å². The Morgan fingerprint density at radius 2 is 2.16 bits per heavy atom. The molecule has 1 heterocycles. The van der Waals surface area contributed by atoms with Gasteiger partial charge >= 0.3 is 0 Å². The molecular weight excluding hydrogens is 269 g/mol. The lowest BCUT2D eigenvalue weighted by molar-refractivity contribution is -0.113. The van der Waals surface area contributed by atoms with E-state index >= 15 is 0 Å². The molecule has 0 spiro atoms. The fraction of sp³-hybridized carbons (Fsp3) is 0.250. The maximum Gasteiger partial charge on any atom is 0.234 e. The largest absolute Gasteiger partial charge is 0.340 e. The van der Waals surface area contributed by atoms with Crippen molar-refractivity contribution < 1.29 is 13.7 Å². The molecule has 2 rings (SSSR count). The average Bonchev–Trinajstić information content (AvgIpc) is 2.78. The minimum atomic E-state index is -0.333. The van der Waals surface area contributed by atoms with Crippen LogP contribution in [0.2, 0.25) is 0 Å². The van der Waals surface area contributed by atoms with Gasteiger partial charge in [0.2, 0.25) is 11.8 Å². The van der Waals surface area contributed by atoms with Gasteiger partial charge in [-0.05, 0) is 24.3 Å². The molecule has 0 atom stereocenters. The third-order valence-electron chi connectivity index (χ3n) is 2.16. The highest BCUT2D eigenvalue weighted by Crippen LogP contribution is 2.12. The van der Waals surface area contributed by atoms with Crippen LogP contribution in [0.3, 0.4) is 0 Å². The first kappa shape index (κ1) is 13.5. The van der Waals surface area contributed by atoms with E-state index in [1.54, 1.807) is 6.92 Å². The molecular formula is C12H12FN3O2S. The molecule has 0 aliphatic heterocycles. The Morgan fingerprint density at radius 3 is 2.79 bits per heavy atom. The Balaban J connectivity index is 1.74.